The van der Waals surface area contributed by atoms with E-state index in [1.165, 1.54) is 30.8 Å². The molecule has 3 aromatic heterocycles. The van der Waals surface area contributed by atoms with E-state index in [1.807, 2.05) is 16.7 Å². The number of nitrogens with one attached hydrogen (secondary N) is 3. The van der Waals surface area contributed by atoms with E-state index in [1.54, 1.807) is 6.07 Å². The monoisotopic (exact) mass is 410 g/mol. The van der Waals surface area contributed by atoms with Crippen molar-refractivity contribution < 1.29 is 4.79 Å². The number of pyridine rings is 1. The first-order chi connectivity index (χ1) is 14.1. The molecule has 29 heavy (non-hydrogen) atoms. The van der Waals surface area contributed by atoms with Crippen LogP contribution in [0.4, 0.5) is 0 Å². The Kier molecular flexibility index (Phi) is 5.48. The minimum absolute atomic E-state index is 0.0631. The predicted octanol–water partition coefficient (Wildman–Crippen LogP) is 2.93. The van der Waals surface area contributed by atoms with Gasteiger partial charge >= 0.3 is 0 Å². The van der Waals surface area contributed by atoms with Gasteiger partial charge in [0, 0.05) is 24.8 Å². The van der Waals surface area contributed by atoms with Gasteiger partial charge in [0.15, 0.2) is 5.70 Å². The highest BCUT2D eigenvalue weighted by Crippen LogP contribution is 2.39. The molecule has 3 heterocycles. The Balaban J connectivity index is 1.34. The lowest BCUT2D eigenvalue weighted by Gasteiger charge is -2.04. The molecule has 1 saturated carbocycles. The predicted molar refractivity (Wildman–Crippen MR) is 106 cm³/mol. The molecule has 0 aromatic carbocycles. The van der Waals surface area contributed by atoms with Gasteiger partial charge in [-0.15, -0.1) is 0 Å². The van der Waals surface area contributed by atoms with E-state index in [4.69, 9.17) is 17.1 Å². The van der Waals surface area contributed by atoms with Gasteiger partial charge in [-0.2, -0.15) is 5.11 Å². The zero-order chi connectivity index (χ0) is 20.2. The number of carbonyl (C=O) groups excluding carboxylic acids is 1. The van der Waals surface area contributed by atoms with Crippen molar-refractivity contribution in [3.05, 3.63) is 70.9 Å². The Morgan fingerprint density at radius 2 is 2.14 bits per heavy atom. The smallest absolute Gasteiger partial charge is 0.273 e. The first-order valence-corrected chi connectivity index (χ1v) is 9.54. The summed E-state index contributed by atoms with van der Waals surface area (Å²) in [5.41, 5.74) is 10.2. The summed E-state index contributed by atoms with van der Waals surface area (Å²) in [6.07, 6.45) is 9.48. The molecule has 3 N–H and O–H groups in total. The molecule has 1 amide bonds. The van der Waals surface area contributed by atoms with E-state index in [2.05, 4.69) is 43.0 Å². The number of hydrogen-bond acceptors (Lipinski definition) is 7. The maximum atomic E-state index is 12.2. The van der Waals surface area contributed by atoms with Crippen LogP contribution in [-0.2, 0) is 17.9 Å². The number of fused-ring (bicyclic) bond motifs is 1. The van der Waals surface area contributed by atoms with Crippen molar-refractivity contribution in [3.63, 3.8) is 0 Å². The highest BCUT2D eigenvalue weighted by Gasteiger charge is 2.23. The van der Waals surface area contributed by atoms with Crippen LogP contribution < -0.4 is 10.6 Å². The molecule has 1 aliphatic rings. The summed E-state index contributed by atoms with van der Waals surface area (Å²) in [5.74, 6) is 0.543. The summed E-state index contributed by atoms with van der Waals surface area (Å²) in [6, 6.07) is 5.69. The Hall–Kier alpha value is -3.33. The fraction of sp³-hybridized carbons (Fsp3) is 0.263. The number of aromatic nitrogens is 4. The van der Waals surface area contributed by atoms with E-state index < -0.39 is 5.91 Å². The van der Waals surface area contributed by atoms with E-state index in [9.17, 15) is 4.79 Å². The van der Waals surface area contributed by atoms with Gasteiger partial charge in [-0.25, -0.2) is 20.5 Å². The van der Waals surface area contributed by atoms with E-state index in [0.717, 1.165) is 11.3 Å². The second kappa shape index (κ2) is 8.36. The van der Waals surface area contributed by atoms with Crippen LogP contribution in [0.2, 0.25) is 5.15 Å². The van der Waals surface area contributed by atoms with Crippen molar-refractivity contribution in [3.8, 4) is 0 Å². The van der Waals surface area contributed by atoms with Crippen molar-refractivity contribution >= 4 is 23.2 Å². The van der Waals surface area contributed by atoms with E-state index in [-0.39, 0.29) is 12.2 Å². The van der Waals surface area contributed by atoms with Gasteiger partial charge in [-0.3, -0.25) is 4.79 Å². The molecule has 4 rings (SSSR count). The normalized spacial score (nSPS) is 14.0. The average molecular weight is 411 g/mol. The fourth-order valence-corrected chi connectivity index (χ4v) is 3.07. The van der Waals surface area contributed by atoms with Crippen LogP contribution >= 0.6 is 11.6 Å². The van der Waals surface area contributed by atoms with Crippen molar-refractivity contribution in [1.82, 2.24) is 30.0 Å². The molecule has 0 atom stereocenters. The molecule has 1 fully saturated rings. The molecule has 0 spiro atoms. The molecule has 0 saturated heterocycles. The van der Waals surface area contributed by atoms with Crippen molar-refractivity contribution in [1.29, 1.82) is 5.53 Å². The quantitative estimate of drug-likeness (QED) is 0.299. The molecule has 3 aromatic rings. The first-order valence-electron chi connectivity index (χ1n) is 9.16. The minimum Gasteiger partial charge on any atom is -0.383 e. The molecule has 10 heteroatoms. The molecular formula is C19H19ClN8O. The standard InChI is InChI=1S/C19H19ClN8O/c20-16-5-6-23-17(26-16)9-24-19(29)15(27-21)8-22-7-14-11-28-10-13(12-1-2-12)3-4-18(28)25-14/h3-6,8,10-12,21-22H,1-2,7,9H2,(H,24,29)/b15-8-,27-21?. The third kappa shape index (κ3) is 4.75. The van der Waals surface area contributed by atoms with Crippen LogP contribution in [0.5, 0.6) is 0 Å². The number of halogens is 1. The summed E-state index contributed by atoms with van der Waals surface area (Å²) in [6.45, 7) is 0.492. The van der Waals surface area contributed by atoms with Crippen LogP contribution in [-0.4, -0.2) is 25.3 Å². The summed E-state index contributed by atoms with van der Waals surface area (Å²) >= 11 is 5.79. The number of carbonyl (C=O) groups is 1. The van der Waals surface area contributed by atoms with Crippen molar-refractivity contribution in [2.75, 3.05) is 0 Å². The van der Waals surface area contributed by atoms with Gasteiger partial charge < -0.3 is 15.0 Å². The molecule has 0 unspecified atom stereocenters. The second-order valence-corrected chi connectivity index (χ2v) is 7.12. The van der Waals surface area contributed by atoms with E-state index in [0.29, 0.717) is 23.4 Å². The average Bonchev–Trinajstić information content (AvgIpc) is 3.49. The van der Waals surface area contributed by atoms with Crippen LogP contribution in [0, 0.1) is 5.53 Å². The Bertz CT molecular complexity index is 1090. The lowest BCUT2D eigenvalue weighted by molar-refractivity contribution is -0.117. The summed E-state index contributed by atoms with van der Waals surface area (Å²) in [5, 5.41) is 9.16. The lowest BCUT2D eigenvalue weighted by atomic mass is 10.2. The zero-order valence-electron chi connectivity index (χ0n) is 15.5. The van der Waals surface area contributed by atoms with Gasteiger partial charge in [-0.1, -0.05) is 17.7 Å². The van der Waals surface area contributed by atoms with Gasteiger partial charge in [0.25, 0.3) is 5.91 Å². The minimum atomic E-state index is -0.514. The number of nitrogens with zero attached hydrogens (tertiary/aromatic N) is 5. The van der Waals surface area contributed by atoms with Crippen molar-refractivity contribution in [2.24, 2.45) is 5.11 Å². The number of amides is 1. The summed E-state index contributed by atoms with van der Waals surface area (Å²) < 4.78 is 2.02. The Morgan fingerprint density at radius 3 is 2.90 bits per heavy atom. The fourth-order valence-electron chi connectivity index (χ4n) is 2.92. The van der Waals surface area contributed by atoms with Gasteiger partial charge in [0.05, 0.1) is 18.8 Å². The maximum absolute atomic E-state index is 12.2. The lowest BCUT2D eigenvalue weighted by Crippen LogP contribution is -2.25. The summed E-state index contributed by atoms with van der Waals surface area (Å²) in [7, 11) is 0. The Morgan fingerprint density at radius 1 is 1.28 bits per heavy atom. The molecule has 148 valence electrons. The van der Waals surface area contributed by atoms with Crippen LogP contribution in [0.1, 0.15) is 35.8 Å². The highest BCUT2D eigenvalue weighted by molar-refractivity contribution is 6.29. The van der Waals surface area contributed by atoms with Crippen LogP contribution in [0.25, 0.3) is 5.65 Å². The maximum Gasteiger partial charge on any atom is 0.273 e. The number of rotatable bonds is 8. The topological polar surface area (TPSA) is 120 Å². The first kappa shape index (κ1) is 19.0. The van der Waals surface area contributed by atoms with Crippen LogP contribution in [0.15, 0.2) is 53.8 Å². The van der Waals surface area contributed by atoms with Gasteiger partial charge in [-0.05, 0) is 36.5 Å². The SMILES string of the molecule is N=N/C(=C\NCc1cn2cc(C3CC3)ccc2n1)C(=O)NCc1nccc(Cl)n1. The number of hydrogen-bond donors (Lipinski definition) is 3. The summed E-state index contributed by atoms with van der Waals surface area (Å²) in [4.78, 5) is 24.7. The molecule has 1 aliphatic carbocycles. The highest BCUT2D eigenvalue weighted by atomic mass is 35.5. The Labute approximate surface area is 171 Å². The van der Waals surface area contributed by atoms with Crippen LogP contribution in [0.3, 0.4) is 0 Å². The molecule has 0 radical (unpaired) electrons. The molecular weight excluding hydrogens is 392 g/mol. The van der Waals surface area contributed by atoms with Gasteiger partial charge in [0.1, 0.15) is 16.6 Å². The second-order valence-electron chi connectivity index (χ2n) is 6.73. The van der Waals surface area contributed by atoms with Gasteiger partial charge in [0.2, 0.25) is 0 Å². The van der Waals surface area contributed by atoms with Crippen molar-refractivity contribution in [2.45, 2.75) is 31.8 Å². The zero-order valence-corrected chi connectivity index (χ0v) is 16.2. The third-order valence-corrected chi connectivity index (χ3v) is 4.74. The molecule has 9 nitrogen and oxygen atoms in total. The van der Waals surface area contributed by atoms with E-state index >= 15 is 0 Å². The number of imidazole rings is 1. The molecule has 0 aliphatic heterocycles. The molecule has 0 bridgehead atoms. The third-order valence-electron chi connectivity index (χ3n) is 4.53. The largest absolute Gasteiger partial charge is 0.383 e.